The summed E-state index contributed by atoms with van der Waals surface area (Å²) in [6.07, 6.45) is 4.40. The first-order valence-electron chi connectivity index (χ1n) is 7.52. The fourth-order valence-corrected chi connectivity index (χ4v) is 3.57. The number of hydrogen-bond donors (Lipinski definition) is 1. The number of carbonyl (C=O) groups is 1. The summed E-state index contributed by atoms with van der Waals surface area (Å²) in [4.78, 5) is 15.3. The molecule has 1 aliphatic rings. The van der Waals surface area contributed by atoms with Gasteiger partial charge in [0.15, 0.2) is 0 Å². The first-order chi connectivity index (χ1) is 10.2. The van der Waals surface area contributed by atoms with Gasteiger partial charge in [-0.15, -0.1) is 11.3 Å². The lowest BCUT2D eigenvalue weighted by atomic mass is 10.1. The van der Waals surface area contributed by atoms with E-state index in [2.05, 4.69) is 0 Å². The number of rotatable bonds is 7. The number of hydrogen-bond acceptors (Lipinski definition) is 4. The summed E-state index contributed by atoms with van der Waals surface area (Å²) >= 11 is 7.45. The van der Waals surface area contributed by atoms with Gasteiger partial charge in [-0.25, -0.2) is 0 Å². The Kier molecular flexibility index (Phi) is 6.96. The number of carbonyl (C=O) groups excluding carboxylic acids is 1. The lowest BCUT2D eigenvalue weighted by molar-refractivity contribution is -0.133. The van der Waals surface area contributed by atoms with Crippen LogP contribution < -0.4 is 5.73 Å². The zero-order valence-corrected chi connectivity index (χ0v) is 13.8. The second kappa shape index (κ2) is 8.73. The molecule has 0 bridgehead atoms. The summed E-state index contributed by atoms with van der Waals surface area (Å²) in [5, 5.41) is 0. The highest BCUT2D eigenvalue weighted by atomic mass is 35.5. The van der Waals surface area contributed by atoms with Crippen molar-refractivity contribution in [2.75, 3.05) is 26.2 Å². The van der Waals surface area contributed by atoms with Gasteiger partial charge in [-0.1, -0.05) is 11.6 Å². The van der Waals surface area contributed by atoms with Crippen molar-refractivity contribution in [1.82, 2.24) is 4.90 Å². The van der Waals surface area contributed by atoms with Crippen LogP contribution in [0.1, 0.15) is 30.6 Å². The second-order valence-corrected chi connectivity index (χ2v) is 7.10. The molecule has 0 spiro atoms. The van der Waals surface area contributed by atoms with Crippen LogP contribution in [0, 0.1) is 0 Å². The highest BCUT2D eigenvalue weighted by Crippen LogP contribution is 2.23. The molecule has 118 valence electrons. The Morgan fingerprint density at radius 3 is 2.81 bits per heavy atom. The van der Waals surface area contributed by atoms with E-state index in [0.29, 0.717) is 13.0 Å². The topological polar surface area (TPSA) is 55.6 Å². The molecule has 2 N–H and O–H groups in total. The molecule has 6 heteroatoms. The Labute approximate surface area is 135 Å². The summed E-state index contributed by atoms with van der Waals surface area (Å²) in [5.74, 6) is 0.236. The van der Waals surface area contributed by atoms with E-state index < -0.39 is 0 Å². The molecule has 1 aromatic heterocycles. The second-order valence-electron chi connectivity index (χ2n) is 5.30. The number of aryl methyl sites for hydroxylation is 1. The van der Waals surface area contributed by atoms with Crippen molar-refractivity contribution in [2.45, 2.75) is 38.2 Å². The number of ether oxygens (including phenoxy) is 1. The molecular formula is C15H23ClN2O2S. The quantitative estimate of drug-likeness (QED) is 0.782. The first-order valence-corrected chi connectivity index (χ1v) is 8.72. The van der Waals surface area contributed by atoms with Crippen LogP contribution in [-0.4, -0.2) is 43.2 Å². The van der Waals surface area contributed by atoms with Crippen LogP contribution in [0.15, 0.2) is 12.1 Å². The molecule has 0 aliphatic carbocycles. The van der Waals surface area contributed by atoms with Crippen molar-refractivity contribution in [2.24, 2.45) is 5.73 Å². The molecule has 2 heterocycles. The monoisotopic (exact) mass is 330 g/mol. The zero-order valence-electron chi connectivity index (χ0n) is 12.2. The summed E-state index contributed by atoms with van der Waals surface area (Å²) in [5.41, 5.74) is 5.45. The Hall–Kier alpha value is -0.620. The Morgan fingerprint density at radius 1 is 1.43 bits per heavy atom. The van der Waals surface area contributed by atoms with Gasteiger partial charge in [0.25, 0.3) is 0 Å². The minimum atomic E-state index is 0.236. The summed E-state index contributed by atoms with van der Waals surface area (Å²) in [7, 11) is 0. The number of thiophene rings is 1. The van der Waals surface area contributed by atoms with Crippen LogP contribution in [0.2, 0.25) is 4.34 Å². The maximum absolute atomic E-state index is 12.2. The first kappa shape index (κ1) is 16.7. The van der Waals surface area contributed by atoms with E-state index in [9.17, 15) is 4.79 Å². The molecule has 21 heavy (non-hydrogen) atoms. The van der Waals surface area contributed by atoms with Gasteiger partial charge in [-0.2, -0.15) is 0 Å². The fourth-order valence-electron chi connectivity index (χ4n) is 2.48. The third-order valence-electron chi connectivity index (χ3n) is 3.71. The van der Waals surface area contributed by atoms with Gasteiger partial charge in [0.2, 0.25) is 5.91 Å². The van der Waals surface area contributed by atoms with E-state index in [1.165, 1.54) is 4.88 Å². The van der Waals surface area contributed by atoms with E-state index in [1.54, 1.807) is 11.3 Å². The summed E-state index contributed by atoms with van der Waals surface area (Å²) in [6, 6.07) is 3.88. The van der Waals surface area contributed by atoms with Gasteiger partial charge in [0.05, 0.1) is 10.4 Å². The number of nitrogens with zero attached hydrogens (tertiary/aromatic N) is 1. The van der Waals surface area contributed by atoms with Crippen LogP contribution in [-0.2, 0) is 16.0 Å². The number of piperidine rings is 1. The van der Waals surface area contributed by atoms with E-state index in [4.69, 9.17) is 22.1 Å². The molecule has 1 aliphatic heterocycles. The Balaban J connectivity index is 1.65. The Bertz CT molecular complexity index is 445. The van der Waals surface area contributed by atoms with Gasteiger partial charge in [0, 0.05) is 31.0 Å². The minimum absolute atomic E-state index is 0.236. The predicted octanol–water partition coefficient (Wildman–Crippen LogP) is 2.69. The third kappa shape index (κ3) is 5.58. The molecule has 2 rings (SSSR count). The molecule has 0 saturated carbocycles. The molecular weight excluding hydrogens is 308 g/mol. The largest absolute Gasteiger partial charge is 0.378 e. The van der Waals surface area contributed by atoms with E-state index >= 15 is 0 Å². The van der Waals surface area contributed by atoms with Crippen molar-refractivity contribution < 1.29 is 9.53 Å². The number of halogens is 1. The van der Waals surface area contributed by atoms with Gasteiger partial charge >= 0.3 is 0 Å². The van der Waals surface area contributed by atoms with Crippen molar-refractivity contribution in [1.29, 1.82) is 0 Å². The molecule has 1 fully saturated rings. The molecule has 0 unspecified atom stereocenters. The van der Waals surface area contributed by atoms with Crippen molar-refractivity contribution in [3.8, 4) is 0 Å². The molecule has 4 nitrogen and oxygen atoms in total. The van der Waals surface area contributed by atoms with Crippen LogP contribution in [0.3, 0.4) is 0 Å². The van der Waals surface area contributed by atoms with E-state index in [0.717, 1.165) is 49.7 Å². The minimum Gasteiger partial charge on any atom is -0.378 e. The lowest BCUT2D eigenvalue weighted by Gasteiger charge is -2.32. The zero-order chi connectivity index (χ0) is 15.1. The molecule has 0 atom stereocenters. The lowest BCUT2D eigenvalue weighted by Crippen LogP contribution is -2.41. The standard InChI is InChI=1S/C15H23ClN2O2S/c16-14-4-2-13(21-14)3-5-15(19)18-9-6-12(7-10-18)20-11-1-8-17/h2,4,12H,1,3,5-11,17H2. The van der Waals surface area contributed by atoms with Gasteiger partial charge < -0.3 is 15.4 Å². The summed E-state index contributed by atoms with van der Waals surface area (Å²) < 4.78 is 6.54. The summed E-state index contributed by atoms with van der Waals surface area (Å²) in [6.45, 7) is 3.01. The van der Waals surface area contributed by atoms with Crippen molar-refractivity contribution in [3.05, 3.63) is 21.3 Å². The molecule has 0 aromatic carbocycles. The number of likely N-dealkylation sites (tertiary alicyclic amines) is 1. The van der Waals surface area contributed by atoms with E-state index in [1.807, 2.05) is 17.0 Å². The third-order valence-corrected chi connectivity index (χ3v) is 5.00. The predicted molar refractivity (Wildman–Crippen MR) is 86.9 cm³/mol. The highest BCUT2D eigenvalue weighted by Gasteiger charge is 2.22. The van der Waals surface area contributed by atoms with E-state index in [-0.39, 0.29) is 12.0 Å². The Morgan fingerprint density at radius 2 is 2.19 bits per heavy atom. The molecule has 1 aromatic rings. The highest BCUT2D eigenvalue weighted by molar-refractivity contribution is 7.16. The van der Waals surface area contributed by atoms with Crippen LogP contribution in [0.4, 0.5) is 0 Å². The number of nitrogens with two attached hydrogens (primary N) is 1. The van der Waals surface area contributed by atoms with Crippen LogP contribution in [0.5, 0.6) is 0 Å². The maximum Gasteiger partial charge on any atom is 0.222 e. The van der Waals surface area contributed by atoms with Crippen molar-refractivity contribution in [3.63, 3.8) is 0 Å². The van der Waals surface area contributed by atoms with Crippen LogP contribution >= 0.6 is 22.9 Å². The molecule has 1 amide bonds. The SMILES string of the molecule is NCCCOC1CCN(C(=O)CCc2ccc(Cl)s2)CC1. The van der Waals surface area contributed by atoms with Gasteiger partial charge in [0.1, 0.15) is 0 Å². The van der Waals surface area contributed by atoms with Crippen LogP contribution in [0.25, 0.3) is 0 Å². The van der Waals surface area contributed by atoms with Crippen molar-refractivity contribution >= 4 is 28.8 Å². The van der Waals surface area contributed by atoms with Gasteiger partial charge in [-0.3, -0.25) is 4.79 Å². The molecule has 1 saturated heterocycles. The average Bonchev–Trinajstić information content (AvgIpc) is 2.91. The molecule has 0 radical (unpaired) electrons. The normalized spacial score (nSPS) is 16.4. The smallest absolute Gasteiger partial charge is 0.222 e. The maximum atomic E-state index is 12.2. The number of amides is 1. The average molecular weight is 331 g/mol. The van der Waals surface area contributed by atoms with Gasteiger partial charge in [-0.05, 0) is 44.4 Å². The fraction of sp³-hybridized carbons (Fsp3) is 0.667.